The Hall–Kier alpha value is -0.0300. The lowest BCUT2D eigenvalue weighted by molar-refractivity contribution is 0.0985. The molecule has 0 saturated carbocycles. The predicted molar refractivity (Wildman–Crippen MR) is 65.6 cm³/mol. The smallest absolute Gasteiger partial charge is 0.163 e. The Morgan fingerprint density at radius 2 is 2.23 bits per heavy atom. The summed E-state index contributed by atoms with van der Waals surface area (Å²) in [7, 11) is 0. The second-order valence-corrected chi connectivity index (χ2v) is 4.72. The molecule has 0 fully saturated rings. The van der Waals surface area contributed by atoms with E-state index in [1.807, 2.05) is 31.4 Å². The maximum Gasteiger partial charge on any atom is 0.163 e. The van der Waals surface area contributed by atoms with E-state index in [9.17, 15) is 4.79 Å². The van der Waals surface area contributed by atoms with Crippen molar-refractivity contribution in [1.82, 2.24) is 0 Å². The van der Waals surface area contributed by atoms with Crippen LogP contribution in [0.2, 0.25) is 0 Å². The number of carbonyl (C=O) groups is 1. The first-order chi connectivity index (χ1) is 6.19. The van der Waals surface area contributed by atoms with E-state index >= 15 is 0 Å². The highest BCUT2D eigenvalue weighted by atomic mass is 127. The largest absolute Gasteiger partial charge is 0.294 e. The standard InChI is InChI=1S/C10H11IOS/c1-3-9(12)8-5-4-7(11)6-10(8)13-2/h4-6H,3H2,1-2H3. The van der Waals surface area contributed by atoms with Gasteiger partial charge < -0.3 is 0 Å². The van der Waals surface area contributed by atoms with Crippen molar-refractivity contribution in [3.05, 3.63) is 27.3 Å². The molecule has 0 amide bonds. The Bertz CT molecular complexity index is 323. The van der Waals surface area contributed by atoms with Crippen molar-refractivity contribution in [3.8, 4) is 0 Å². The van der Waals surface area contributed by atoms with Crippen molar-refractivity contribution >= 4 is 40.1 Å². The van der Waals surface area contributed by atoms with Crippen LogP contribution in [-0.4, -0.2) is 12.0 Å². The van der Waals surface area contributed by atoms with Crippen molar-refractivity contribution in [2.45, 2.75) is 18.2 Å². The zero-order chi connectivity index (χ0) is 9.84. The summed E-state index contributed by atoms with van der Waals surface area (Å²) >= 11 is 3.88. The lowest BCUT2D eigenvalue weighted by Gasteiger charge is -2.05. The summed E-state index contributed by atoms with van der Waals surface area (Å²) in [6.45, 7) is 1.89. The zero-order valence-electron chi connectivity index (χ0n) is 7.63. The number of halogens is 1. The van der Waals surface area contributed by atoms with Crippen molar-refractivity contribution in [3.63, 3.8) is 0 Å². The van der Waals surface area contributed by atoms with Crippen LogP contribution in [0.15, 0.2) is 23.1 Å². The molecule has 0 radical (unpaired) electrons. The van der Waals surface area contributed by atoms with Crippen LogP contribution in [0.1, 0.15) is 23.7 Å². The molecule has 0 unspecified atom stereocenters. The molecule has 70 valence electrons. The molecule has 0 spiro atoms. The number of thioether (sulfide) groups is 1. The van der Waals surface area contributed by atoms with Gasteiger partial charge in [-0.25, -0.2) is 0 Å². The second-order valence-electron chi connectivity index (χ2n) is 2.62. The molecule has 0 saturated heterocycles. The van der Waals surface area contributed by atoms with E-state index in [-0.39, 0.29) is 5.78 Å². The Morgan fingerprint density at radius 1 is 1.54 bits per heavy atom. The minimum absolute atomic E-state index is 0.223. The molecule has 0 bridgehead atoms. The first-order valence-electron chi connectivity index (χ1n) is 4.05. The lowest BCUT2D eigenvalue weighted by Crippen LogP contribution is -1.98. The summed E-state index contributed by atoms with van der Waals surface area (Å²) in [6.07, 6.45) is 2.58. The van der Waals surface area contributed by atoms with Crippen molar-refractivity contribution in [2.75, 3.05) is 6.26 Å². The first kappa shape index (κ1) is 11.0. The summed E-state index contributed by atoms with van der Waals surface area (Å²) in [5, 5.41) is 0. The van der Waals surface area contributed by atoms with Crippen LogP contribution in [0, 0.1) is 3.57 Å². The van der Waals surface area contributed by atoms with E-state index in [4.69, 9.17) is 0 Å². The normalized spacial score (nSPS) is 10.1. The van der Waals surface area contributed by atoms with Crippen molar-refractivity contribution in [1.29, 1.82) is 0 Å². The van der Waals surface area contributed by atoms with Crippen molar-refractivity contribution in [2.24, 2.45) is 0 Å². The zero-order valence-corrected chi connectivity index (χ0v) is 10.6. The molecule has 1 aromatic carbocycles. The summed E-state index contributed by atoms with van der Waals surface area (Å²) in [4.78, 5) is 12.6. The molecular weight excluding hydrogens is 295 g/mol. The van der Waals surface area contributed by atoms with Gasteiger partial charge in [0.15, 0.2) is 5.78 Å². The van der Waals surface area contributed by atoms with Gasteiger partial charge in [-0.3, -0.25) is 4.79 Å². The molecule has 0 heterocycles. The molecule has 1 aromatic rings. The lowest BCUT2D eigenvalue weighted by atomic mass is 10.1. The van der Waals surface area contributed by atoms with Gasteiger partial charge in [-0.2, -0.15) is 0 Å². The minimum Gasteiger partial charge on any atom is -0.294 e. The van der Waals surface area contributed by atoms with Gasteiger partial charge in [0.1, 0.15) is 0 Å². The number of hydrogen-bond acceptors (Lipinski definition) is 2. The highest BCUT2D eigenvalue weighted by molar-refractivity contribution is 14.1. The fourth-order valence-electron chi connectivity index (χ4n) is 1.09. The summed E-state index contributed by atoms with van der Waals surface area (Å²) in [6, 6.07) is 5.94. The number of rotatable bonds is 3. The molecule has 0 aliphatic carbocycles. The molecule has 1 rings (SSSR count). The van der Waals surface area contributed by atoms with Gasteiger partial charge in [0, 0.05) is 20.4 Å². The molecule has 13 heavy (non-hydrogen) atoms. The Balaban J connectivity index is 3.13. The van der Waals surface area contributed by atoms with E-state index in [0.29, 0.717) is 6.42 Å². The fraction of sp³-hybridized carbons (Fsp3) is 0.300. The van der Waals surface area contributed by atoms with Crippen LogP contribution >= 0.6 is 34.4 Å². The first-order valence-corrected chi connectivity index (χ1v) is 6.36. The Labute approximate surface area is 96.4 Å². The highest BCUT2D eigenvalue weighted by Crippen LogP contribution is 2.23. The third-order valence-electron chi connectivity index (χ3n) is 1.79. The van der Waals surface area contributed by atoms with Gasteiger partial charge >= 0.3 is 0 Å². The van der Waals surface area contributed by atoms with E-state index in [2.05, 4.69) is 22.6 Å². The van der Waals surface area contributed by atoms with Gasteiger partial charge in [-0.1, -0.05) is 6.92 Å². The minimum atomic E-state index is 0.223. The SMILES string of the molecule is CCC(=O)c1ccc(I)cc1SC. The molecular formula is C10H11IOS. The number of Topliss-reactive ketones (excluding diaryl/α,β-unsaturated/α-hetero) is 1. The maximum atomic E-state index is 11.5. The number of hydrogen-bond donors (Lipinski definition) is 0. The number of ketones is 1. The summed E-state index contributed by atoms with van der Waals surface area (Å²) < 4.78 is 1.18. The highest BCUT2D eigenvalue weighted by Gasteiger charge is 2.08. The topological polar surface area (TPSA) is 17.1 Å². The third kappa shape index (κ3) is 2.71. The molecule has 1 nitrogen and oxygen atoms in total. The average molecular weight is 306 g/mol. The van der Waals surface area contributed by atoms with Crippen LogP contribution in [0.4, 0.5) is 0 Å². The van der Waals surface area contributed by atoms with Crippen LogP contribution in [-0.2, 0) is 0 Å². The Morgan fingerprint density at radius 3 is 2.77 bits per heavy atom. The van der Waals surface area contributed by atoms with Gasteiger partial charge in [0.2, 0.25) is 0 Å². The van der Waals surface area contributed by atoms with E-state index < -0.39 is 0 Å². The third-order valence-corrected chi connectivity index (χ3v) is 3.23. The van der Waals surface area contributed by atoms with Gasteiger partial charge in [-0.05, 0) is 47.0 Å². The molecule has 0 atom stereocenters. The Kier molecular flexibility index (Phi) is 4.25. The van der Waals surface area contributed by atoms with Crippen LogP contribution < -0.4 is 0 Å². The van der Waals surface area contributed by atoms with Gasteiger partial charge in [0.25, 0.3) is 0 Å². The van der Waals surface area contributed by atoms with E-state index in [1.54, 1.807) is 11.8 Å². The molecule has 3 heteroatoms. The molecule has 0 aliphatic heterocycles. The molecule has 0 aliphatic rings. The summed E-state index contributed by atoms with van der Waals surface area (Å²) in [5.41, 5.74) is 0.857. The van der Waals surface area contributed by atoms with Crippen LogP contribution in [0.5, 0.6) is 0 Å². The van der Waals surface area contributed by atoms with E-state index in [1.165, 1.54) is 3.57 Å². The quantitative estimate of drug-likeness (QED) is 0.482. The maximum absolute atomic E-state index is 11.5. The van der Waals surface area contributed by atoms with Crippen LogP contribution in [0.3, 0.4) is 0 Å². The second kappa shape index (κ2) is 5.00. The van der Waals surface area contributed by atoms with E-state index in [0.717, 1.165) is 10.5 Å². The fourth-order valence-corrected chi connectivity index (χ4v) is 2.43. The molecule has 0 N–H and O–H groups in total. The van der Waals surface area contributed by atoms with Crippen molar-refractivity contribution < 1.29 is 4.79 Å². The number of benzene rings is 1. The average Bonchev–Trinajstić information content (AvgIpc) is 2.16. The predicted octanol–water partition coefficient (Wildman–Crippen LogP) is 3.61. The van der Waals surface area contributed by atoms with Crippen LogP contribution in [0.25, 0.3) is 0 Å². The number of carbonyl (C=O) groups excluding carboxylic acids is 1. The molecule has 0 aromatic heterocycles. The van der Waals surface area contributed by atoms with Gasteiger partial charge in [-0.15, -0.1) is 11.8 Å². The monoisotopic (exact) mass is 306 g/mol. The summed E-state index contributed by atoms with van der Waals surface area (Å²) in [5.74, 6) is 0.223. The van der Waals surface area contributed by atoms with Gasteiger partial charge in [0.05, 0.1) is 0 Å².